The summed E-state index contributed by atoms with van der Waals surface area (Å²) in [6, 6.07) is 62.2. The molecule has 8 aromatic carbocycles. The quantitative estimate of drug-likeness (QED) is 0.181. The number of para-hydroxylation sites is 2. The number of fused-ring (bicyclic) bond motifs is 10. The van der Waals surface area contributed by atoms with Crippen LogP contribution in [0.5, 0.6) is 0 Å². The van der Waals surface area contributed by atoms with E-state index in [1.165, 1.54) is 36.9 Å². The van der Waals surface area contributed by atoms with Gasteiger partial charge in [0.15, 0.2) is 5.58 Å². The first-order valence-electron chi connectivity index (χ1n) is 17.5. The summed E-state index contributed by atoms with van der Waals surface area (Å²) in [5.41, 5.74) is 11.2. The van der Waals surface area contributed by atoms with Crippen LogP contribution >= 0.6 is 11.3 Å². The van der Waals surface area contributed by atoms with Crippen molar-refractivity contribution in [3.8, 4) is 22.3 Å². The molecule has 11 rings (SSSR count). The summed E-state index contributed by atoms with van der Waals surface area (Å²) in [4.78, 5) is 2.31. The Balaban J connectivity index is 1.24. The van der Waals surface area contributed by atoms with Crippen LogP contribution in [-0.4, -0.2) is 0 Å². The van der Waals surface area contributed by atoms with Gasteiger partial charge in [0.25, 0.3) is 0 Å². The zero-order valence-electron chi connectivity index (χ0n) is 27.9. The molecule has 11 aromatic rings. The predicted octanol–water partition coefficient (Wildman–Crippen LogP) is 14.7. The lowest BCUT2D eigenvalue weighted by molar-refractivity contribution is 0.663. The smallest absolute Gasteiger partial charge is 0.160 e. The van der Waals surface area contributed by atoms with Crippen LogP contribution in [0.3, 0.4) is 0 Å². The van der Waals surface area contributed by atoms with Crippen LogP contribution in [0.1, 0.15) is 0 Å². The zero-order chi connectivity index (χ0) is 34.2. The van der Waals surface area contributed by atoms with E-state index in [-0.39, 0.29) is 0 Å². The number of hydrogen-bond donors (Lipinski definition) is 0. The molecule has 0 aliphatic rings. The maximum Gasteiger partial charge on any atom is 0.160 e. The van der Waals surface area contributed by atoms with Crippen LogP contribution in [0.15, 0.2) is 185 Å². The van der Waals surface area contributed by atoms with Crippen molar-refractivity contribution in [2.45, 2.75) is 0 Å². The molecule has 0 saturated carbocycles. The highest BCUT2D eigenvalue weighted by molar-refractivity contribution is 7.26. The number of rotatable bonds is 5. The van der Waals surface area contributed by atoms with Crippen LogP contribution in [0.2, 0.25) is 0 Å². The average molecular weight is 684 g/mol. The molecule has 0 radical (unpaired) electrons. The van der Waals surface area contributed by atoms with Gasteiger partial charge in [-0.05, 0) is 71.3 Å². The van der Waals surface area contributed by atoms with Crippen LogP contribution in [-0.2, 0) is 0 Å². The average Bonchev–Trinajstić information content (AvgIpc) is 3.91. The second-order valence-corrected chi connectivity index (χ2v) is 14.3. The Morgan fingerprint density at radius 1 is 0.385 bits per heavy atom. The van der Waals surface area contributed by atoms with E-state index in [4.69, 9.17) is 8.83 Å². The molecule has 0 bridgehead atoms. The van der Waals surface area contributed by atoms with Crippen molar-refractivity contribution in [2.24, 2.45) is 0 Å². The molecule has 244 valence electrons. The summed E-state index contributed by atoms with van der Waals surface area (Å²) in [5.74, 6) is 0. The van der Waals surface area contributed by atoms with Crippen molar-refractivity contribution in [1.29, 1.82) is 0 Å². The van der Waals surface area contributed by atoms with Crippen molar-refractivity contribution in [2.75, 3.05) is 4.90 Å². The maximum atomic E-state index is 7.08. The summed E-state index contributed by atoms with van der Waals surface area (Å²) in [6.07, 6.45) is 0. The van der Waals surface area contributed by atoms with Gasteiger partial charge in [0.1, 0.15) is 16.7 Å². The van der Waals surface area contributed by atoms with E-state index in [0.717, 1.165) is 66.5 Å². The molecular weight excluding hydrogens is 655 g/mol. The van der Waals surface area contributed by atoms with Gasteiger partial charge in [-0.3, -0.25) is 0 Å². The second kappa shape index (κ2) is 11.5. The van der Waals surface area contributed by atoms with Crippen molar-refractivity contribution in [3.05, 3.63) is 176 Å². The number of hydrogen-bond acceptors (Lipinski definition) is 4. The molecule has 0 amide bonds. The number of anilines is 3. The molecule has 4 heteroatoms. The van der Waals surface area contributed by atoms with Gasteiger partial charge in [-0.25, -0.2) is 0 Å². The highest BCUT2D eigenvalue weighted by atomic mass is 32.1. The van der Waals surface area contributed by atoms with Gasteiger partial charge < -0.3 is 13.7 Å². The van der Waals surface area contributed by atoms with Gasteiger partial charge in [0.2, 0.25) is 0 Å². The van der Waals surface area contributed by atoms with Gasteiger partial charge in [-0.1, -0.05) is 121 Å². The molecule has 0 aliphatic heterocycles. The number of benzene rings is 8. The lowest BCUT2D eigenvalue weighted by Gasteiger charge is -2.26. The highest BCUT2D eigenvalue weighted by Crippen LogP contribution is 2.50. The fourth-order valence-electron chi connectivity index (χ4n) is 7.96. The third-order valence-electron chi connectivity index (χ3n) is 10.3. The molecule has 0 spiro atoms. The van der Waals surface area contributed by atoms with Gasteiger partial charge in [0, 0.05) is 58.7 Å². The van der Waals surface area contributed by atoms with E-state index in [1.54, 1.807) is 0 Å². The van der Waals surface area contributed by atoms with Gasteiger partial charge in [-0.15, -0.1) is 11.3 Å². The van der Waals surface area contributed by atoms with E-state index >= 15 is 0 Å². The van der Waals surface area contributed by atoms with E-state index in [9.17, 15) is 0 Å². The summed E-state index contributed by atoms with van der Waals surface area (Å²) in [7, 11) is 0. The molecule has 3 aromatic heterocycles. The Bertz CT molecular complexity index is 3120. The van der Waals surface area contributed by atoms with Crippen molar-refractivity contribution in [3.63, 3.8) is 0 Å². The van der Waals surface area contributed by atoms with Crippen LogP contribution in [0.4, 0.5) is 17.1 Å². The Morgan fingerprint density at radius 3 is 1.87 bits per heavy atom. The fraction of sp³-hybridized carbons (Fsp3) is 0. The third kappa shape index (κ3) is 4.38. The molecule has 52 heavy (non-hydrogen) atoms. The first-order chi connectivity index (χ1) is 25.8. The SMILES string of the molecule is c1ccc(-c2ccc(N(c3ccccc3)c3ccc(-c4cccc5c4sc4ccccc45)c4c3oc3ccc5oc6ccccc6c5c34)cc2)cc1. The summed E-state index contributed by atoms with van der Waals surface area (Å²) >= 11 is 1.85. The van der Waals surface area contributed by atoms with Crippen molar-refractivity contribution in [1.82, 2.24) is 0 Å². The maximum absolute atomic E-state index is 7.08. The summed E-state index contributed by atoms with van der Waals surface area (Å²) < 4.78 is 16.1. The van der Waals surface area contributed by atoms with E-state index < -0.39 is 0 Å². The Labute approximate surface area is 303 Å². The lowest BCUT2D eigenvalue weighted by atomic mass is 9.95. The highest BCUT2D eigenvalue weighted by Gasteiger charge is 2.25. The van der Waals surface area contributed by atoms with E-state index in [0.29, 0.717) is 0 Å². The summed E-state index contributed by atoms with van der Waals surface area (Å²) in [6.45, 7) is 0. The zero-order valence-corrected chi connectivity index (χ0v) is 28.7. The number of nitrogens with zero attached hydrogens (tertiary/aromatic N) is 1. The van der Waals surface area contributed by atoms with Crippen LogP contribution < -0.4 is 4.90 Å². The van der Waals surface area contributed by atoms with Crippen LogP contribution in [0.25, 0.3) is 86.3 Å². The van der Waals surface area contributed by atoms with Gasteiger partial charge >= 0.3 is 0 Å². The number of thiophene rings is 1. The Kier molecular flexibility index (Phi) is 6.42. The predicted molar refractivity (Wildman–Crippen MR) is 219 cm³/mol. The van der Waals surface area contributed by atoms with Crippen LogP contribution in [0, 0.1) is 0 Å². The van der Waals surface area contributed by atoms with Gasteiger partial charge in [-0.2, -0.15) is 0 Å². The van der Waals surface area contributed by atoms with E-state index in [1.807, 2.05) is 29.5 Å². The monoisotopic (exact) mass is 683 g/mol. The molecular formula is C48H29NO2S. The lowest BCUT2D eigenvalue weighted by Crippen LogP contribution is -2.10. The molecule has 0 saturated heterocycles. The molecule has 0 N–H and O–H groups in total. The first-order valence-corrected chi connectivity index (χ1v) is 18.3. The normalized spacial score (nSPS) is 11.8. The third-order valence-corrected chi connectivity index (χ3v) is 11.5. The molecule has 0 fully saturated rings. The minimum Gasteiger partial charge on any atom is -0.456 e. The Morgan fingerprint density at radius 2 is 1.04 bits per heavy atom. The fourth-order valence-corrected chi connectivity index (χ4v) is 9.19. The Hall–Kier alpha value is -6.62. The van der Waals surface area contributed by atoms with Crippen molar-refractivity contribution < 1.29 is 8.83 Å². The first kappa shape index (κ1) is 29.1. The van der Waals surface area contributed by atoms with Gasteiger partial charge in [0.05, 0.1) is 5.69 Å². The minimum absolute atomic E-state index is 0.832. The minimum atomic E-state index is 0.832. The molecule has 3 heterocycles. The molecule has 0 atom stereocenters. The molecule has 3 nitrogen and oxygen atoms in total. The second-order valence-electron chi connectivity index (χ2n) is 13.2. The largest absolute Gasteiger partial charge is 0.456 e. The molecule has 0 aliphatic carbocycles. The number of furan rings is 2. The van der Waals surface area contributed by atoms with E-state index in [2.05, 4.69) is 163 Å². The standard InChI is InChI=1S/C48H29NO2S/c1-3-12-30(13-4-1)31-22-24-33(25-23-31)49(32-14-5-2-6-15-32)39-27-26-35(37-19-11-18-36-34-16-8-10-21-43(34)52-48(36)37)45-46-42(51-47(39)45)29-28-41-44(46)38-17-7-9-20-40(38)50-41/h1-29H. The summed E-state index contributed by atoms with van der Waals surface area (Å²) in [5, 5.41) is 6.86. The molecule has 0 unspecified atom stereocenters. The topological polar surface area (TPSA) is 29.5 Å². The van der Waals surface area contributed by atoms with Crippen molar-refractivity contribution >= 4 is 92.4 Å².